The van der Waals surface area contributed by atoms with Crippen LogP contribution in [0.5, 0.6) is 0 Å². The summed E-state index contributed by atoms with van der Waals surface area (Å²) in [5.74, 6) is -0.865. The number of aromatic nitrogens is 1. The third-order valence-corrected chi connectivity index (χ3v) is 4.14. The maximum atomic E-state index is 11.3. The van der Waals surface area contributed by atoms with Gasteiger partial charge in [0.1, 0.15) is 10.3 Å². The molecule has 1 atom stereocenters. The minimum absolute atomic E-state index is 0.438. The number of pyridine rings is 1. The smallest absolute Gasteiger partial charge is 0.317 e. The van der Waals surface area contributed by atoms with Crippen molar-refractivity contribution < 1.29 is 9.90 Å². The maximum absolute atomic E-state index is 11.3. The van der Waals surface area contributed by atoms with Gasteiger partial charge >= 0.3 is 5.97 Å². The van der Waals surface area contributed by atoms with Crippen LogP contribution in [0.2, 0.25) is 5.02 Å². The van der Waals surface area contributed by atoms with Gasteiger partial charge in [0.2, 0.25) is 0 Å². The average molecular weight is 294 g/mol. The van der Waals surface area contributed by atoms with E-state index in [1.807, 2.05) is 30.3 Å². The van der Waals surface area contributed by atoms with E-state index >= 15 is 0 Å². The molecule has 1 aromatic carbocycles. The van der Waals surface area contributed by atoms with Gasteiger partial charge < -0.3 is 5.11 Å². The number of thioether (sulfide) groups is 1. The molecular formula is C14H12ClNO2S. The van der Waals surface area contributed by atoms with Crippen molar-refractivity contribution in [3.8, 4) is 0 Å². The highest BCUT2D eigenvalue weighted by atomic mass is 35.5. The summed E-state index contributed by atoms with van der Waals surface area (Å²) in [7, 11) is 0. The predicted molar refractivity (Wildman–Crippen MR) is 76.7 cm³/mol. The van der Waals surface area contributed by atoms with Crippen molar-refractivity contribution in [1.82, 2.24) is 4.98 Å². The molecular weight excluding hydrogens is 282 g/mol. The molecule has 98 valence electrons. The van der Waals surface area contributed by atoms with Gasteiger partial charge in [-0.2, -0.15) is 0 Å². The van der Waals surface area contributed by atoms with E-state index in [0.717, 1.165) is 5.56 Å². The molecule has 1 heterocycles. The molecule has 2 rings (SSSR count). The van der Waals surface area contributed by atoms with Gasteiger partial charge in [-0.3, -0.25) is 4.79 Å². The molecule has 0 saturated carbocycles. The number of carboxylic acid groups (broad SMARTS) is 1. The molecule has 3 nitrogen and oxygen atoms in total. The van der Waals surface area contributed by atoms with Crippen molar-refractivity contribution in [1.29, 1.82) is 0 Å². The van der Waals surface area contributed by atoms with Crippen molar-refractivity contribution >= 4 is 29.3 Å². The summed E-state index contributed by atoms with van der Waals surface area (Å²) in [6, 6.07) is 13.0. The standard InChI is InChI=1S/C14H12ClNO2S/c15-11-7-4-8-16-13(11)19-12(14(17)18)9-10-5-2-1-3-6-10/h1-8,12H,9H2,(H,17,18). The highest BCUT2D eigenvalue weighted by Crippen LogP contribution is 2.29. The maximum Gasteiger partial charge on any atom is 0.317 e. The van der Waals surface area contributed by atoms with Crippen LogP contribution in [0, 0.1) is 0 Å². The highest BCUT2D eigenvalue weighted by Gasteiger charge is 2.21. The minimum Gasteiger partial charge on any atom is -0.480 e. The molecule has 1 aromatic heterocycles. The molecule has 2 aromatic rings. The van der Waals surface area contributed by atoms with Gasteiger partial charge in [0.05, 0.1) is 5.02 Å². The summed E-state index contributed by atoms with van der Waals surface area (Å²) < 4.78 is 0. The molecule has 0 aliphatic carbocycles. The van der Waals surface area contributed by atoms with E-state index < -0.39 is 11.2 Å². The lowest BCUT2D eigenvalue weighted by Crippen LogP contribution is -2.19. The zero-order chi connectivity index (χ0) is 13.7. The average Bonchev–Trinajstić information content (AvgIpc) is 2.41. The molecule has 0 radical (unpaired) electrons. The van der Waals surface area contributed by atoms with Gasteiger partial charge in [-0.1, -0.05) is 53.7 Å². The van der Waals surface area contributed by atoms with Crippen molar-refractivity contribution in [3.05, 3.63) is 59.2 Å². The fourth-order valence-corrected chi connectivity index (χ4v) is 2.80. The Labute approximate surface area is 120 Å². The summed E-state index contributed by atoms with van der Waals surface area (Å²) in [4.78, 5) is 15.4. The summed E-state index contributed by atoms with van der Waals surface area (Å²) in [6.07, 6.45) is 2.05. The molecule has 0 aliphatic rings. The third kappa shape index (κ3) is 3.98. The second-order valence-electron chi connectivity index (χ2n) is 3.92. The first-order valence-electron chi connectivity index (χ1n) is 5.70. The van der Waals surface area contributed by atoms with Gasteiger partial charge in [-0.05, 0) is 24.1 Å². The van der Waals surface area contributed by atoms with Crippen molar-refractivity contribution in [2.24, 2.45) is 0 Å². The number of aliphatic carboxylic acids is 1. The topological polar surface area (TPSA) is 50.2 Å². The Morgan fingerprint density at radius 1 is 1.26 bits per heavy atom. The van der Waals surface area contributed by atoms with Crippen molar-refractivity contribution in [2.45, 2.75) is 16.7 Å². The number of nitrogens with zero attached hydrogens (tertiary/aromatic N) is 1. The lowest BCUT2D eigenvalue weighted by molar-refractivity contribution is -0.136. The second kappa shape index (κ2) is 6.59. The Hall–Kier alpha value is -1.52. The SMILES string of the molecule is O=C(O)C(Cc1ccccc1)Sc1ncccc1Cl. The third-order valence-electron chi connectivity index (χ3n) is 2.52. The number of halogens is 1. The van der Waals surface area contributed by atoms with Gasteiger partial charge in [0.25, 0.3) is 0 Å². The highest BCUT2D eigenvalue weighted by molar-refractivity contribution is 8.00. The van der Waals surface area contributed by atoms with Crippen LogP contribution in [0.3, 0.4) is 0 Å². The van der Waals surface area contributed by atoms with Crippen LogP contribution in [-0.4, -0.2) is 21.3 Å². The first-order chi connectivity index (χ1) is 9.16. The molecule has 1 N–H and O–H groups in total. The van der Waals surface area contributed by atoms with Gasteiger partial charge in [-0.25, -0.2) is 4.98 Å². The lowest BCUT2D eigenvalue weighted by Gasteiger charge is -2.12. The summed E-state index contributed by atoms with van der Waals surface area (Å²) >= 11 is 7.18. The zero-order valence-electron chi connectivity index (χ0n) is 9.99. The first-order valence-corrected chi connectivity index (χ1v) is 6.96. The molecule has 19 heavy (non-hydrogen) atoms. The van der Waals surface area contributed by atoms with E-state index in [4.69, 9.17) is 11.6 Å². The Morgan fingerprint density at radius 3 is 2.63 bits per heavy atom. The molecule has 0 fully saturated rings. The van der Waals surface area contributed by atoms with Crippen LogP contribution in [-0.2, 0) is 11.2 Å². The number of hydrogen-bond acceptors (Lipinski definition) is 3. The summed E-state index contributed by atoms with van der Waals surface area (Å²) in [5.41, 5.74) is 0.981. The summed E-state index contributed by atoms with van der Waals surface area (Å²) in [5, 5.41) is 9.72. The largest absolute Gasteiger partial charge is 0.480 e. The minimum atomic E-state index is -0.865. The number of rotatable bonds is 5. The van der Waals surface area contributed by atoms with Gasteiger partial charge in [-0.15, -0.1) is 0 Å². The van der Waals surface area contributed by atoms with Crippen LogP contribution in [0.4, 0.5) is 0 Å². The number of carboxylic acids is 1. The molecule has 1 unspecified atom stereocenters. The number of carbonyl (C=O) groups is 1. The molecule has 0 amide bonds. The van der Waals surface area contributed by atoms with E-state index in [2.05, 4.69) is 4.98 Å². The van der Waals surface area contributed by atoms with Crippen LogP contribution in [0.25, 0.3) is 0 Å². The molecule has 0 bridgehead atoms. The van der Waals surface area contributed by atoms with E-state index in [0.29, 0.717) is 16.5 Å². The zero-order valence-corrected chi connectivity index (χ0v) is 11.6. The second-order valence-corrected chi connectivity index (χ2v) is 5.52. The Morgan fingerprint density at radius 2 is 2.00 bits per heavy atom. The van der Waals surface area contributed by atoms with E-state index in [-0.39, 0.29) is 0 Å². The van der Waals surface area contributed by atoms with Crippen LogP contribution in [0.1, 0.15) is 5.56 Å². The van der Waals surface area contributed by atoms with Crippen LogP contribution >= 0.6 is 23.4 Å². The van der Waals surface area contributed by atoms with E-state index in [9.17, 15) is 9.90 Å². The molecule has 0 aliphatic heterocycles. The van der Waals surface area contributed by atoms with Crippen molar-refractivity contribution in [3.63, 3.8) is 0 Å². The monoisotopic (exact) mass is 293 g/mol. The van der Waals surface area contributed by atoms with Gasteiger partial charge in [0, 0.05) is 6.20 Å². The predicted octanol–water partition coefficient (Wildman–Crippen LogP) is 3.52. The van der Waals surface area contributed by atoms with Crippen LogP contribution in [0.15, 0.2) is 53.7 Å². The Balaban J connectivity index is 2.13. The molecule has 0 spiro atoms. The summed E-state index contributed by atoms with van der Waals surface area (Å²) in [6.45, 7) is 0. The number of benzene rings is 1. The Kier molecular flexibility index (Phi) is 4.82. The quantitative estimate of drug-likeness (QED) is 0.857. The Bertz CT molecular complexity index is 562. The fraction of sp³-hybridized carbons (Fsp3) is 0.143. The number of hydrogen-bond donors (Lipinski definition) is 1. The first kappa shape index (κ1) is 13.9. The fourth-order valence-electron chi connectivity index (χ4n) is 1.60. The van der Waals surface area contributed by atoms with E-state index in [1.165, 1.54) is 11.8 Å². The normalized spacial score (nSPS) is 12.1. The van der Waals surface area contributed by atoms with Crippen molar-refractivity contribution in [2.75, 3.05) is 0 Å². The molecule has 0 saturated heterocycles. The van der Waals surface area contributed by atoms with Crippen LogP contribution < -0.4 is 0 Å². The lowest BCUT2D eigenvalue weighted by atomic mass is 10.1. The molecule has 5 heteroatoms. The van der Waals surface area contributed by atoms with Gasteiger partial charge in [0.15, 0.2) is 0 Å². The van der Waals surface area contributed by atoms with E-state index in [1.54, 1.807) is 18.3 Å².